The Kier molecular flexibility index (Phi) is 4.43. The lowest BCUT2D eigenvalue weighted by Gasteiger charge is -1.74. The minimum atomic E-state index is 0.600. The predicted octanol–water partition coefficient (Wildman–Crippen LogP) is 0.680. The smallest absolute Gasteiger partial charge is 0.0745 e. The summed E-state index contributed by atoms with van der Waals surface area (Å²) in [4.78, 5) is 0. The molecular weight excluding hydrogens is 91.1 g/mol. The molecule has 0 amide bonds. The summed E-state index contributed by atoms with van der Waals surface area (Å²) in [7, 11) is 2.36. The number of thiol groups is 1. The molecule has 0 aliphatic carbocycles. The van der Waals surface area contributed by atoms with Gasteiger partial charge in [-0.05, 0) is 12.9 Å². The Morgan fingerprint density at radius 1 is 2.00 bits per heavy atom. The van der Waals surface area contributed by atoms with Gasteiger partial charge in [-0.15, -0.1) is 9.24 Å². The van der Waals surface area contributed by atoms with Gasteiger partial charge in [-0.25, -0.2) is 0 Å². The highest BCUT2D eigenvalue weighted by molar-refractivity contribution is 7.75. The molecule has 0 N–H and O–H groups in total. The van der Waals surface area contributed by atoms with E-state index in [1.54, 1.807) is 0 Å². The first-order valence-corrected chi connectivity index (χ1v) is 2.06. The number of rotatable bonds is 1. The van der Waals surface area contributed by atoms with Crippen molar-refractivity contribution in [2.24, 2.45) is 0 Å². The van der Waals surface area contributed by atoms with E-state index in [1.165, 1.54) is 0 Å². The Labute approximate surface area is 33.5 Å². The highest BCUT2D eigenvalue weighted by Gasteiger charge is 1.53. The van der Waals surface area contributed by atoms with Crippen LogP contribution in [0.1, 0.15) is 0 Å². The summed E-state index contributed by atoms with van der Waals surface area (Å²) in [6, 6.07) is 0. The van der Waals surface area contributed by atoms with Gasteiger partial charge in [0.2, 0.25) is 0 Å². The normalized spacial score (nSPS) is 7.50. The van der Waals surface area contributed by atoms with Crippen molar-refractivity contribution in [2.45, 2.75) is 0 Å². The fraction of sp³-hybridized carbons (Fsp3) is 1.00. The van der Waals surface area contributed by atoms with E-state index in [0.29, 0.717) is 6.35 Å². The van der Waals surface area contributed by atoms with Crippen LogP contribution in [0.3, 0.4) is 0 Å². The summed E-state index contributed by atoms with van der Waals surface area (Å²) >= 11 is 3.40. The number of hydrogen-bond donors (Lipinski definition) is 1. The molecular formula is CH5OPS. The molecule has 0 aromatic carbocycles. The van der Waals surface area contributed by atoms with E-state index in [-0.39, 0.29) is 0 Å². The lowest BCUT2D eigenvalue weighted by Crippen LogP contribution is -1.57. The molecule has 26 valence electrons. The SMILES string of the molecule is PCOS. The minimum absolute atomic E-state index is 0.600. The van der Waals surface area contributed by atoms with Crippen LogP contribution < -0.4 is 0 Å². The van der Waals surface area contributed by atoms with Crippen molar-refractivity contribution in [2.75, 3.05) is 6.35 Å². The Balaban J connectivity index is 1.97. The third kappa shape index (κ3) is 2.74. The second-order valence-corrected chi connectivity index (χ2v) is 0.887. The molecule has 4 heavy (non-hydrogen) atoms. The van der Waals surface area contributed by atoms with Gasteiger partial charge in [0.05, 0.1) is 6.35 Å². The van der Waals surface area contributed by atoms with Gasteiger partial charge < -0.3 is 4.18 Å². The summed E-state index contributed by atoms with van der Waals surface area (Å²) < 4.78 is 4.20. The van der Waals surface area contributed by atoms with Crippen LogP contribution in [0.5, 0.6) is 0 Å². The third-order valence-corrected chi connectivity index (χ3v) is 0.671. The van der Waals surface area contributed by atoms with Crippen molar-refractivity contribution in [1.29, 1.82) is 0 Å². The highest BCUT2D eigenvalue weighted by Crippen LogP contribution is 1.82. The van der Waals surface area contributed by atoms with Crippen molar-refractivity contribution >= 4 is 22.1 Å². The molecule has 3 heteroatoms. The quantitative estimate of drug-likeness (QED) is 0.287. The van der Waals surface area contributed by atoms with Gasteiger partial charge >= 0.3 is 0 Å². The highest BCUT2D eigenvalue weighted by atomic mass is 32.1. The largest absolute Gasteiger partial charge is 0.315 e. The second-order valence-electron chi connectivity index (χ2n) is 0.296. The predicted molar refractivity (Wildman–Crippen MR) is 24.6 cm³/mol. The maximum atomic E-state index is 4.20. The van der Waals surface area contributed by atoms with E-state index in [4.69, 9.17) is 0 Å². The van der Waals surface area contributed by atoms with Gasteiger partial charge in [0.15, 0.2) is 0 Å². The van der Waals surface area contributed by atoms with Crippen LogP contribution in [0.4, 0.5) is 0 Å². The Bertz CT molecular complexity index is 10.0. The van der Waals surface area contributed by atoms with Crippen LogP contribution in [-0.4, -0.2) is 6.35 Å². The Morgan fingerprint density at radius 3 is 2.25 bits per heavy atom. The van der Waals surface area contributed by atoms with Gasteiger partial charge in [0.1, 0.15) is 0 Å². The number of hydrogen-bond acceptors (Lipinski definition) is 2. The summed E-state index contributed by atoms with van der Waals surface area (Å²) in [5.74, 6) is 0. The Hall–Kier alpha value is 0.740. The first-order chi connectivity index (χ1) is 1.91. The minimum Gasteiger partial charge on any atom is -0.315 e. The summed E-state index contributed by atoms with van der Waals surface area (Å²) in [5.41, 5.74) is 0. The van der Waals surface area contributed by atoms with Gasteiger partial charge in [-0.3, -0.25) is 0 Å². The van der Waals surface area contributed by atoms with E-state index in [1.807, 2.05) is 0 Å². The van der Waals surface area contributed by atoms with Crippen molar-refractivity contribution in [3.8, 4) is 0 Å². The first-order valence-electron chi connectivity index (χ1n) is 0.879. The standard InChI is InChI=1S/CH5OPS/c3-1-2-4/h4H,1,3H2. The lowest BCUT2D eigenvalue weighted by molar-refractivity contribution is 0.474. The van der Waals surface area contributed by atoms with Gasteiger partial charge in [0, 0.05) is 0 Å². The van der Waals surface area contributed by atoms with Crippen LogP contribution in [-0.2, 0) is 4.18 Å². The van der Waals surface area contributed by atoms with Crippen LogP contribution in [0.2, 0.25) is 0 Å². The van der Waals surface area contributed by atoms with Crippen molar-refractivity contribution < 1.29 is 4.18 Å². The monoisotopic (exact) mass is 96.0 g/mol. The zero-order chi connectivity index (χ0) is 3.41. The van der Waals surface area contributed by atoms with Crippen molar-refractivity contribution in [3.05, 3.63) is 0 Å². The van der Waals surface area contributed by atoms with Crippen molar-refractivity contribution in [3.63, 3.8) is 0 Å². The van der Waals surface area contributed by atoms with Crippen molar-refractivity contribution in [1.82, 2.24) is 0 Å². The maximum absolute atomic E-state index is 4.20. The molecule has 0 bridgehead atoms. The molecule has 0 rings (SSSR count). The van der Waals surface area contributed by atoms with E-state index < -0.39 is 0 Å². The maximum Gasteiger partial charge on any atom is 0.0745 e. The molecule has 0 saturated carbocycles. The van der Waals surface area contributed by atoms with Crippen LogP contribution in [0.15, 0.2) is 0 Å². The average molecular weight is 96.1 g/mol. The van der Waals surface area contributed by atoms with Crippen LogP contribution >= 0.6 is 22.1 Å². The van der Waals surface area contributed by atoms with E-state index >= 15 is 0 Å². The lowest BCUT2D eigenvalue weighted by atomic mass is 11.7. The van der Waals surface area contributed by atoms with Crippen LogP contribution in [0.25, 0.3) is 0 Å². The molecule has 0 aliphatic heterocycles. The molecule has 0 spiro atoms. The molecule has 0 radical (unpaired) electrons. The van der Waals surface area contributed by atoms with E-state index in [0.717, 1.165) is 0 Å². The van der Waals surface area contributed by atoms with E-state index in [9.17, 15) is 0 Å². The molecule has 0 aliphatic rings. The second kappa shape index (κ2) is 3.74. The first kappa shape index (κ1) is 4.74. The Morgan fingerprint density at radius 2 is 2.25 bits per heavy atom. The molecule has 0 heterocycles. The fourth-order valence-electron chi connectivity index (χ4n) is 0. The molecule has 0 aromatic heterocycles. The molecule has 1 atom stereocenters. The zero-order valence-electron chi connectivity index (χ0n) is 2.14. The molecule has 0 fully saturated rings. The van der Waals surface area contributed by atoms with Gasteiger partial charge in [-0.2, -0.15) is 0 Å². The summed E-state index contributed by atoms with van der Waals surface area (Å²) in [6.45, 7) is 0. The summed E-state index contributed by atoms with van der Waals surface area (Å²) in [6.07, 6.45) is 0.600. The molecule has 0 aromatic rings. The molecule has 0 saturated heterocycles. The molecule has 1 unspecified atom stereocenters. The average Bonchev–Trinajstić information content (AvgIpc) is 1.37. The van der Waals surface area contributed by atoms with Gasteiger partial charge in [-0.1, -0.05) is 0 Å². The van der Waals surface area contributed by atoms with Crippen LogP contribution in [0, 0.1) is 0 Å². The third-order valence-electron chi connectivity index (χ3n) is 0.0745. The summed E-state index contributed by atoms with van der Waals surface area (Å²) in [5, 5.41) is 0. The zero-order valence-corrected chi connectivity index (χ0v) is 4.19. The topological polar surface area (TPSA) is 9.23 Å². The molecule has 1 nitrogen and oxygen atoms in total. The van der Waals surface area contributed by atoms with E-state index in [2.05, 4.69) is 26.3 Å². The van der Waals surface area contributed by atoms with Gasteiger partial charge in [0.25, 0.3) is 0 Å². The fourth-order valence-corrected chi connectivity index (χ4v) is 0.